The summed E-state index contributed by atoms with van der Waals surface area (Å²) in [4.78, 5) is 44.3. The van der Waals surface area contributed by atoms with Gasteiger partial charge in [-0.05, 0) is 19.3 Å². The smallest absolute Gasteiger partial charge is 0.326 e. The van der Waals surface area contributed by atoms with Crippen LogP contribution < -0.4 is 16.0 Å². The van der Waals surface area contributed by atoms with Crippen LogP contribution in [0.15, 0.2) is 0 Å². The SMILES string of the molecule is O=C(O)CCC(NC(=O)NC1CCCNC1=O)C(=O)O. The molecule has 1 saturated heterocycles. The lowest BCUT2D eigenvalue weighted by atomic mass is 10.1. The molecule has 1 aliphatic heterocycles. The monoisotopic (exact) mass is 287 g/mol. The van der Waals surface area contributed by atoms with Gasteiger partial charge in [0.2, 0.25) is 5.91 Å². The Kier molecular flexibility index (Phi) is 5.75. The molecule has 2 unspecified atom stereocenters. The molecule has 1 rings (SSSR count). The Morgan fingerprint density at radius 2 is 2.05 bits per heavy atom. The summed E-state index contributed by atoms with van der Waals surface area (Å²) in [5.41, 5.74) is 0. The lowest BCUT2D eigenvalue weighted by molar-refractivity contribution is -0.140. The first-order chi connectivity index (χ1) is 9.40. The highest BCUT2D eigenvalue weighted by Crippen LogP contribution is 2.03. The van der Waals surface area contributed by atoms with Crippen LogP contribution in [0.4, 0.5) is 4.79 Å². The zero-order valence-corrected chi connectivity index (χ0v) is 10.7. The quantitative estimate of drug-likeness (QED) is 0.418. The van der Waals surface area contributed by atoms with Gasteiger partial charge in [0.25, 0.3) is 0 Å². The summed E-state index contributed by atoms with van der Waals surface area (Å²) < 4.78 is 0. The Morgan fingerprint density at radius 1 is 1.35 bits per heavy atom. The summed E-state index contributed by atoms with van der Waals surface area (Å²) in [6.07, 6.45) is 0.598. The largest absolute Gasteiger partial charge is 0.481 e. The highest BCUT2D eigenvalue weighted by Gasteiger charge is 2.26. The van der Waals surface area contributed by atoms with Crippen molar-refractivity contribution in [1.82, 2.24) is 16.0 Å². The fraction of sp³-hybridized carbons (Fsp3) is 0.636. The number of urea groups is 1. The van der Waals surface area contributed by atoms with Gasteiger partial charge in [-0.25, -0.2) is 9.59 Å². The zero-order valence-electron chi connectivity index (χ0n) is 10.7. The van der Waals surface area contributed by atoms with Gasteiger partial charge in [-0.15, -0.1) is 0 Å². The van der Waals surface area contributed by atoms with E-state index in [0.29, 0.717) is 13.0 Å². The van der Waals surface area contributed by atoms with Gasteiger partial charge < -0.3 is 26.2 Å². The number of nitrogens with one attached hydrogen (secondary N) is 3. The van der Waals surface area contributed by atoms with Crippen molar-refractivity contribution in [3.05, 3.63) is 0 Å². The lowest BCUT2D eigenvalue weighted by Gasteiger charge is -2.23. The number of piperidine rings is 1. The first-order valence-corrected chi connectivity index (χ1v) is 6.19. The van der Waals surface area contributed by atoms with Crippen LogP contribution in [0.3, 0.4) is 0 Å². The normalized spacial score (nSPS) is 19.6. The van der Waals surface area contributed by atoms with Crippen LogP contribution in [0.2, 0.25) is 0 Å². The van der Waals surface area contributed by atoms with Gasteiger partial charge in [-0.3, -0.25) is 9.59 Å². The molecular weight excluding hydrogens is 270 g/mol. The Bertz CT molecular complexity index is 411. The molecule has 9 nitrogen and oxygen atoms in total. The van der Waals surface area contributed by atoms with Crippen molar-refractivity contribution in [3.8, 4) is 0 Å². The van der Waals surface area contributed by atoms with Gasteiger partial charge in [0.1, 0.15) is 12.1 Å². The third-order valence-corrected chi connectivity index (χ3v) is 2.84. The minimum absolute atomic E-state index is 0.227. The minimum atomic E-state index is -1.32. The maximum atomic E-state index is 11.6. The number of rotatable bonds is 6. The molecule has 0 aliphatic carbocycles. The van der Waals surface area contributed by atoms with E-state index in [2.05, 4.69) is 16.0 Å². The molecule has 0 aromatic carbocycles. The van der Waals surface area contributed by atoms with Crippen molar-refractivity contribution >= 4 is 23.9 Å². The van der Waals surface area contributed by atoms with Gasteiger partial charge >= 0.3 is 18.0 Å². The third-order valence-electron chi connectivity index (χ3n) is 2.84. The van der Waals surface area contributed by atoms with Crippen molar-refractivity contribution in [1.29, 1.82) is 0 Å². The van der Waals surface area contributed by atoms with E-state index in [1.54, 1.807) is 0 Å². The molecular formula is C11H17N3O6. The standard InChI is InChI=1S/C11H17N3O6/c15-8(16)4-3-7(10(18)19)14-11(20)13-6-2-1-5-12-9(6)17/h6-7H,1-5H2,(H,12,17)(H,15,16)(H,18,19)(H2,13,14,20). The van der Waals surface area contributed by atoms with Crippen molar-refractivity contribution in [2.75, 3.05) is 6.54 Å². The molecule has 0 aromatic rings. The fourth-order valence-electron chi connectivity index (χ4n) is 1.79. The topological polar surface area (TPSA) is 145 Å². The number of carboxylic acid groups (broad SMARTS) is 2. The summed E-state index contributed by atoms with van der Waals surface area (Å²) in [6.45, 7) is 0.551. The Hall–Kier alpha value is -2.32. The lowest BCUT2D eigenvalue weighted by Crippen LogP contribution is -2.55. The van der Waals surface area contributed by atoms with E-state index in [9.17, 15) is 19.2 Å². The number of amides is 3. The van der Waals surface area contributed by atoms with Gasteiger partial charge in [0.05, 0.1) is 0 Å². The molecule has 0 radical (unpaired) electrons. The van der Waals surface area contributed by atoms with Crippen LogP contribution in [0.1, 0.15) is 25.7 Å². The fourth-order valence-corrected chi connectivity index (χ4v) is 1.79. The molecule has 112 valence electrons. The predicted molar refractivity (Wildman–Crippen MR) is 66.0 cm³/mol. The summed E-state index contributed by atoms with van der Waals surface area (Å²) >= 11 is 0. The number of carboxylic acids is 2. The molecule has 0 bridgehead atoms. The number of aliphatic carboxylic acids is 2. The second-order valence-corrected chi connectivity index (χ2v) is 4.43. The van der Waals surface area contributed by atoms with Gasteiger partial charge in [-0.1, -0.05) is 0 Å². The second kappa shape index (κ2) is 7.31. The number of carbonyl (C=O) groups excluding carboxylic acids is 2. The second-order valence-electron chi connectivity index (χ2n) is 4.43. The van der Waals surface area contributed by atoms with E-state index in [0.717, 1.165) is 6.42 Å². The van der Waals surface area contributed by atoms with Gasteiger partial charge in [-0.2, -0.15) is 0 Å². The molecule has 20 heavy (non-hydrogen) atoms. The molecule has 9 heteroatoms. The van der Waals surface area contributed by atoms with Crippen LogP contribution in [-0.4, -0.2) is 52.7 Å². The molecule has 0 saturated carbocycles. The number of carbonyl (C=O) groups is 4. The first kappa shape index (κ1) is 15.7. The van der Waals surface area contributed by atoms with E-state index in [-0.39, 0.29) is 18.7 Å². The molecule has 1 fully saturated rings. The van der Waals surface area contributed by atoms with Crippen molar-refractivity contribution < 1.29 is 29.4 Å². The molecule has 2 atom stereocenters. The highest BCUT2D eigenvalue weighted by atomic mass is 16.4. The van der Waals surface area contributed by atoms with E-state index in [1.807, 2.05) is 0 Å². The summed E-state index contributed by atoms with van der Waals surface area (Å²) in [5.74, 6) is -2.79. The van der Waals surface area contributed by atoms with E-state index < -0.39 is 30.1 Å². The summed E-state index contributed by atoms with van der Waals surface area (Å²) in [6, 6.07) is -2.81. The highest BCUT2D eigenvalue weighted by molar-refractivity contribution is 5.89. The maximum Gasteiger partial charge on any atom is 0.326 e. The van der Waals surface area contributed by atoms with Gasteiger partial charge in [0.15, 0.2) is 0 Å². The van der Waals surface area contributed by atoms with E-state index in [1.165, 1.54) is 0 Å². The molecule has 3 amide bonds. The minimum Gasteiger partial charge on any atom is -0.481 e. The zero-order chi connectivity index (χ0) is 15.1. The van der Waals surface area contributed by atoms with Crippen LogP contribution in [0, 0.1) is 0 Å². The van der Waals surface area contributed by atoms with Crippen molar-refractivity contribution in [2.45, 2.75) is 37.8 Å². The summed E-state index contributed by atoms with van der Waals surface area (Å²) in [7, 11) is 0. The van der Waals surface area contributed by atoms with Crippen LogP contribution in [0.25, 0.3) is 0 Å². The average molecular weight is 287 g/mol. The Labute approximate surface area is 114 Å². The average Bonchev–Trinajstić information content (AvgIpc) is 2.36. The first-order valence-electron chi connectivity index (χ1n) is 6.19. The number of hydrogen-bond donors (Lipinski definition) is 5. The number of hydrogen-bond acceptors (Lipinski definition) is 4. The Morgan fingerprint density at radius 3 is 2.60 bits per heavy atom. The molecule has 5 N–H and O–H groups in total. The van der Waals surface area contributed by atoms with Crippen molar-refractivity contribution in [3.63, 3.8) is 0 Å². The Balaban J connectivity index is 2.46. The van der Waals surface area contributed by atoms with E-state index >= 15 is 0 Å². The van der Waals surface area contributed by atoms with Crippen molar-refractivity contribution in [2.24, 2.45) is 0 Å². The molecule has 0 aromatic heterocycles. The molecule has 1 aliphatic rings. The van der Waals surface area contributed by atoms with Crippen LogP contribution >= 0.6 is 0 Å². The summed E-state index contributed by atoms with van der Waals surface area (Å²) in [5, 5.41) is 24.5. The van der Waals surface area contributed by atoms with Crippen LogP contribution in [0.5, 0.6) is 0 Å². The van der Waals surface area contributed by atoms with E-state index in [4.69, 9.17) is 10.2 Å². The predicted octanol–water partition coefficient (Wildman–Crippen LogP) is -1.12. The molecule has 0 spiro atoms. The third kappa shape index (κ3) is 5.12. The maximum absolute atomic E-state index is 11.6. The van der Waals surface area contributed by atoms with Gasteiger partial charge in [0, 0.05) is 13.0 Å². The van der Waals surface area contributed by atoms with Crippen LogP contribution in [-0.2, 0) is 14.4 Å². The molecule has 1 heterocycles.